The molecule has 0 unspecified atom stereocenters. The van der Waals surface area contributed by atoms with Crippen LogP contribution in [-0.4, -0.2) is 15.0 Å². The van der Waals surface area contributed by atoms with Crippen molar-refractivity contribution in [3.05, 3.63) is 91.4 Å². The Labute approximate surface area is 174 Å². The number of thiophene rings is 1. The van der Waals surface area contributed by atoms with Gasteiger partial charge in [0.15, 0.2) is 0 Å². The Morgan fingerprint density at radius 1 is 1.10 bits per heavy atom. The standard InChI is InChI=1S/C21H16ClN3O3S/c1-13-7-8-16(15(22)11-13)23-18(26)12-24-17-9-10-29-19(17)20(27)25(21(24)28)14-5-3-2-4-6-14/h2-11H,12H2,1H3,(H,23,26). The van der Waals surface area contributed by atoms with Gasteiger partial charge < -0.3 is 5.32 Å². The third kappa shape index (κ3) is 3.62. The first-order chi connectivity index (χ1) is 14.0. The summed E-state index contributed by atoms with van der Waals surface area (Å²) in [5.74, 6) is -0.413. The lowest BCUT2D eigenvalue weighted by Gasteiger charge is -2.13. The van der Waals surface area contributed by atoms with Crippen LogP contribution < -0.4 is 16.6 Å². The highest BCUT2D eigenvalue weighted by Gasteiger charge is 2.18. The number of fused-ring (bicyclic) bond motifs is 1. The van der Waals surface area contributed by atoms with E-state index in [1.165, 1.54) is 15.9 Å². The minimum absolute atomic E-state index is 0.247. The maximum atomic E-state index is 13.1. The predicted molar refractivity (Wildman–Crippen MR) is 117 cm³/mol. The lowest BCUT2D eigenvalue weighted by atomic mass is 10.2. The van der Waals surface area contributed by atoms with E-state index in [-0.39, 0.29) is 6.54 Å². The largest absolute Gasteiger partial charge is 0.336 e. The van der Waals surface area contributed by atoms with E-state index in [0.29, 0.717) is 26.6 Å². The number of aromatic nitrogens is 2. The summed E-state index contributed by atoms with van der Waals surface area (Å²) in [6.07, 6.45) is 0. The average molecular weight is 426 g/mol. The second-order valence-corrected chi connectivity index (χ2v) is 7.83. The number of para-hydroxylation sites is 1. The van der Waals surface area contributed by atoms with Crippen molar-refractivity contribution in [2.24, 2.45) is 0 Å². The molecule has 0 bridgehead atoms. The van der Waals surface area contributed by atoms with Gasteiger partial charge in [0.05, 0.1) is 21.9 Å². The summed E-state index contributed by atoms with van der Waals surface area (Å²) in [6.45, 7) is 1.65. The maximum absolute atomic E-state index is 13.1. The molecule has 8 heteroatoms. The summed E-state index contributed by atoms with van der Waals surface area (Å²) in [6, 6.07) is 15.6. The van der Waals surface area contributed by atoms with Gasteiger partial charge in [0.1, 0.15) is 11.2 Å². The Balaban J connectivity index is 1.78. The van der Waals surface area contributed by atoms with Crippen LogP contribution in [0, 0.1) is 6.92 Å². The molecule has 29 heavy (non-hydrogen) atoms. The van der Waals surface area contributed by atoms with Crippen molar-refractivity contribution in [2.45, 2.75) is 13.5 Å². The SMILES string of the molecule is Cc1ccc(NC(=O)Cn2c(=O)n(-c3ccccc3)c(=O)c3sccc32)c(Cl)c1. The molecule has 2 aromatic carbocycles. The van der Waals surface area contributed by atoms with Crippen LogP contribution in [0.25, 0.3) is 15.9 Å². The van der Waals surface area contributed by atoms with E-state index in [9.17, 15) is 14.4 Å². The zero-order chi connectivity index (χ0) is 20.5. The summed E-state index contributed by atoms with van der Waals surface area (Å²) in [5, 5.41) is 4.87. The first-order valence-electron chi connectivity index (χ1n) is 8.80. The number of nitrogens with one attached hydrogen (secondary N) is 1. The highest BCUT2D eigenvalue weighted by Crippen LogP contribution is 2.23. The molecule has 4 aromatic rings. The summed E-state index contributed by atoms with van der Waals surface area (Å²) in [5.41, 5.74) is 1.35. The average Bonchev–Trinajstić information content (AvgIpc) is 3.18. The number of rotatable bonds is 4. The molecule has 0 fully saturated rings. The third-order valence-electron chi connectivity index (χ3n) is 4.47. The van der Waals surface area contributed by atoms with Crippen molar-refractivity contribution in [3.8, 4) is 5.69 Å². The number of hydrogen-bond donors (Lipinski definition) is 1. The van der Waals surface area contributed by atoms with Crippen LogP contribution in [0.5, 0.6) is 0 Å². The van der Waals surface area contributed by atoms with E-state index in [1.807, 2.05) is 13.0 Å². The number of carbonyl (C=O) groups is 1. The molecule has 6 nitrogen and oxygen atoms in total. The van der Waals surface area contributed by atoms with Gasteiger partial charge in [-0.3, -0.25) is 14.2 Å². The normalized spacial score (nSPS) is 11.0. The minimum Gasteiger partial charge on any atom is -0.323 e. The fraction of sp³-hybridized carbons (Fsp3) is 0.0952. The quantitative estimate of drug-likeness (QED) is 0.540. The molecule has 0 aliphatic rings. The van der Waals surface area contributed by atoms with Crippen molar-refractivity contribution in [2.75, 3.05) is 5.32 Å². The number of nitrogens with zero attached hydrogens (tertiary/aromatic N) is 2. The Bertz CT molecular complexity index is 1340. The molecule has 2 heterocycles. The molecule has 2 aromatic heterocycles. The Morgan fingerprint density at radius 2 is 1.86 bits per heavy atom. The van der Waals surface area contributed by atoms with Gasteiger partial charge in [0.2, 0.25) is 5.91 Å². The number of benzene rings is 2. The van der Waals surface area contributed by atoms with Gasteiger partial charge in [-0.05, 0) is 48.2 Å². The van der Waals surface area contributed by atoms with Gasteiger partial charge in [-0.2, -0.15) is 0 Å². The fourth-order valence-electron chi connectivity index (χ4n) is 3.10. The molecule has 0 aliphatic carbocycles. The Hall–Kier alpha value is -3.16. The molecule has 1 amide bonds. The van der Waals surface area contributed by atoms with Crippen molar-refractivity contribution in [1.29, 1.82) is 0 Å². The van der Waals surface area contributed by atoms with Gasteiger partial charge in [0.25, 0.3) is 5.56 Å². The smallest absolute Gasteiger partial charge is 0.323 e. The van der Waals surface area contributed by atoms with Crippen LogP contribution in [-0.2, 0) is 11.3 Å². The lowest BCUT2D eigenvalue weighted by Crippen LogP contribution is -2.40. The van der Waals surface area contributed by atoms with Gasteiger partial charge >= 0.3 is 5.69 Å². The van der Waals surface area contributed by atoms with Crippen LogP contribution in [0.2, 0.25) is 5.02 Å². The van der Waals surface area contributed by atoms with Crippen LogP contribution in [0.4, 0.5) is 5.69 Å². The molecular formula is C21H16ClN3O3S. The monoisotopic (exact) mass is 425 g/mol. The van der Waals surface area contributed by atoms with Crippen LogP contribution in [0.3, 0.4) is 0 Å². The number of halogens is 1. The molecule has 0 saturated carbocycles. The summed E-state index contributed by atoms with van der Waals surface area (Å²) in [4.78, 5) is 38.6. The lowest BCUT2D eigenvalue weighted by molar-refractivity contribution is -0.116. The molecule has 1 N–H and O–H groups in total. The van der Waals surface area contributed by atoms with Crippen molar-refractivity contribution >= 4 is 44.7 Å². The van der Waals surface area contributed by atoms with E-state index in [2.05, 4.69) is 5.32 Å². The number of anilines is 1. The van der Waals surface area contributed by atoms with Gasteiger partial charge in [-0.25, -0.2) is 9.36 Å². The molecule has 0 radical (unpaired) electrons. The predicted octanol–water partition coefficient (Wildman–Crippen LogP) is 3.81. The highest BCUT2D eigenvalue weighted by molar-refractivity contribution is 7.17. The second kappa shape index (κ2) is 7.69. The van der Waals surface area contributed by atoms with Crippen LogP contribution in [0.15, 0.2) is 69.6 Å². The second-order valence-electron chi connectivity index (χ2n) is 6.51. The van der Waals surface area contributed by atoms with E-state index in [0.717, 1.165) is 10.1 Å². The van der Waals surface area contributed by atoms with E-state index >= 15 is 0 Å². The third-order valence-corrected chi connectivity index (χ3v) is 5.67. The zero-order valence-electron chi connectivity index (χ0n) is 15.4. The molecule has 0 saturated heterocycles. The molecule has 0 aliphatic heterocycles. The van der Waals surface area contributed by atoms with E-state index in [4.69, 9.17) is 11.6 Å². The summed E-state index contributed by atoms with van der Waals surface area (Å²) < 4.78 is 2.80. The molecule has 4 rings (SSSR count). The van der Waals surface area contributed by atoms with Crippen LogP contribution >= 0.6 is 22.9 Å². The molecular weight excluding hydrogens is 410 g/mol. The molecule has 0 spiro atoms. The zero-order valence-corrected chi connectivity index (χ0v) is 17.0. The number of aryl methyl sites for hydroxylation is 1. The number of carbonyl (C=O) groups excluding carboxylic acids is 1. The fourth-order valence-corrected chi connectivity index (χ4v) is 4.21. The highest BCUT2D eigenvalue weighted by atomic mass is 35.5. The van der Waals surface area contributed by atoms with Crippen molar-refractivity contribution in [1.82, 2.24) is 9.13 Å². The first-order valence-corrected chi connectivity index (χ1v) is 10.1. The van der Waals surface area contributed by atoms with E-state index in [1.54, 1.807) is 53.9 Å². The first kappa shape index (κ1) is 19.2. The molecule has 146 valence electrons. The topological polar surface area (TPSA) is 73.1 Å². The van der Waals surface area contributed by atoms with Gasteiger partial charge in [0, 0.05) is 0 Å². The van der Waals surface area contributed by atoms with E-state index < -0.39 is 17.2 Å². The Kier molecular flexibility index (Phi) is 5.08. The number of hydrogen-bond acceptors (Lipinski definition) is 4. The Morgan fingerprint density at radius 3 is 2.59 bits per heavy atom. The van der Waals surface area contributed by atoms with Gasteiger partial charge in [-0.15, -0.1) is 11.3 Å². The maximum Gasteiger partial charge on any atom is 0.336 e. The van der Waals surface area contributed by atoms with Gasteiger partial charge in [-0.1, -0.05) is 35.9 Å². The van der Waals surface area contributed by atoms with Crippen molar-refractivity contribution < 1.29 is 4.79 Å². The summed E-state index contributed by atoms with van der Waals surface area (Å²) >= 11 is 7.42. The van der Waals surface area contributed by atoms with Crippen molar-refractivity contribution in [3.63, 3.8) is 0 Å². The van der Waals surface area contributed by atoms with Crippen LogP contribution in [0.1, 0.15) is 5.56 Å². The number of amides is 1. The summed E-state index contributed by atoms with van der Waals surface area (Å²) in [7, 11) is 0. The molecule has 0 atom stereocenters. The minimum atomic E-state index is -0.572.